The number of hydrogen-bond donors (Lipinski definition) is 2. The fourth-order valence-corrected chi connectivity index (χ4v) is 2.34. The van der Waals surface area contributed by atoms with E-state index >= 15 is 0 Å². The van der Waals surface area contributed by atoms with Gasteiger partial charge in [0.25, 0.3) is 0 Å². The van der Waals surface area contributed by atoms with Crippen LogP contribution in [0.3, 0.4) is 0 Å². The number of aromatic nitrogens is 1. The minimum Gasteiger partial charge on any atom is -0.384 e. The van der Waals surface area contributed by atoms with Crippen LogP contribution in [0.15, 0.2) is 42.7 Å². The third-order valence-corrected chi connectivity index (χ3v) is 3.19. The summed E-state index contributed by atoms with van der Waals surface area (Å²) in [5, 5.41) is 6.12. The van der Waals surface area contributed by atoms with Gasteiger partial charge in [-0.15, -0.1) is 0 Å². The Balaban J connectivity index is 2.01. The van der Waals surface area contributed by atoms with Gasteiger partial charge in [0, 0.05) is 6.54 Å². The second-order valence-corrected chi connectivity index (χ2v) is 4.61. The molecule has 1 aromatic heterocycles. The highest BCUT2D eigenvalue weighted by atomic mass is 16.2. The van der Waals surface area contributed by atoms with Crippen molar-refractivity contribution in [3.63, 3.8) is 0 Å². The molecule has 5 heteroatoms. The highest BCUT2D eigenvalue weighted by Gasteiger charge is 2.22. The zero-order valence-electron chi connectivity index (χ0n) is 11.3. The lowest BCUT2D eigenvalue weighted by molar-refractivity contribution is -0.115. The summed E-state index contributed by atoms with van der Waals surface area (Å²) in [6, 6.07) is 9.78. The first kappa shape index (κ1) is 12.5. The fraction of sp³-hybridized carbons (Fsp3) is 0.200. The van der Waals surface area contributed by atoms with Crippen LogP contribution in [0.1, 0.15) is 6.92 Å². The molecule has 1 aliphatic rings. The number of carbonyl (C=O) groups is 1. The zero-order chi connectivity index (χ0) is 13.9. The summed E-state index contributed by atoms with van der Waals surface area (Å²) >= 11 is 0. The molecule has 5 nitrogen and oxygen atoms in total. The third-order valence-electron chi connectivity index (χ3n) is 3.19. The van der Waals surface area contributed by atoms with Crippen molar-refractivity contribution >= 4 is 28.7 Å². The Morgan fingerprint density at radius 3 is 3.05 bits per heavy atom. The lowest BCUT2D eigenvalue weighted by Gasteiger charge is -2.30. The number of carbonyl (C=O) groups excluding carboxylic acids is 1. The molecule has 1 aromatic carbocycles. The van der Waals surface area contributed by atoms with Crippen LogP contribution < -0.4 is 15.5 Å². The van der Waals surface area contributed by atoms with Crippen LogP contribution in [0, 0.1) is 0 Å². The van der Waals surface area contributed by atoms with Gasteiger partial charge < -0.3 is 15.5 Å². The van der Waals surface area contributed by atoms with Gasteiger partial charge in [0.2, 0.25) is 5.91 Å². The summed E-state index contributed by atoms with van der Waals surface area (Å²) in [5.74, 6) is -0.0162. The largest absolute Gasteiger partial charge is 0.384 e. The zero-order valence-corrected chi connectivity index (χ0v) is 11.3. The summed E-state index contributed by atoms with van der Waals surface area (Å²) in [5.41, 5.74) is 3.68. The van der Waals surface area contributed by atoms with Crippen molar-refractivity contribution in [3.8, 4) is 0 Å². The number of nitrogens with zero attached hydrogens (tertiary/aromatic N) is 2. The normalized spacial score (nSPS) is 13.7. The van der Waals surface area contributed by atoms with Crippen molar-refractivity contribution in [2.75, 3.05) is 28.6 Å². The number of anilines is 4. The lowest BCUT2D eigenvalue weighted by Crippen LogP contribution is -2.35. The van der Waals surface area contributed by atoms with E-state index in [2.05, 4.69) is 15.6 Å². The number of hydrogen-bond acceptors (Lipinski definition) is 4. The summed E-state index contributed by atoms with van der Waals surface area (Å²) in [7, 11) is 0. The molecule has 2 heterocycles. The molecule has 0 aliphatic carbocycles. The Morgan fingerprint density at radius 1 is 1.35 bits per heavy atom. The van der Waals surface area contributed by atoms with E-state index in [1.54, 1.807) is 12.4 Å². The van der Waals surface area contributed by atoms with Crippen LogP contribution in [0.5, 0.6) is 0 Å². The van der Waals surface area contributed by atoms with Crippen molar-refractivity contribution < 1.29 is 4.79 Å². The Hall–Kier alpha value is -2.56. The first-order valence-electron chi connectivity index (χ1n) is 6.63. The fourth-order valence-electron chi connectivity index (χ4n) is 2.34. The molecule has 0 saturated carbocycles. The van der Waals surface area contributed by atoms with Crippen LogP contribution in [-0.4, -0.2) is 24.0 Å². The van der Waals surface area contributed by atoms with Crippen molar-refractivity contribution in [1.29, 1.82) is 0 Å². The van der Waals surface area contributed by atoms with E-state index in [1.165, 1.54) is 0 Å². The maximum Gasteiger partial charge on any atom is 0.244 e. The van der Waals surface area contributed by atoms with Gasteiger partial charge in [-0.1, -0.05) is 12.1 Å². The Kier molecular flexibility index (Phi) is 3.25. The molecule has 3 rings (SSSR count). The molecule has 0 spiro atoms. The van der Waals surface area contributed by atoms with Gasteiger partial charge in [-0.2, -0.15) is 0 Å². The first-order valence-corrected chi connectivity index (χ1v) is 6.63. The van der Waals surface area contributed by atoms with E-state index < -0.39 is 0 Å². The minimum atomic E-state index is -0.0162. The van der Waals surface area contributed by atoms with Crippen LogP contribution in [0.25, 0.3) is 0 Å². The van der Waals surface area contributed by atoms with Crippen LogP contribution >= 0.6 is 0 Å². The molecule has 2 aromatic rings. The number of rotatable bonds is 3. The van der Waals surface area contributed by atoms with E-state index in [-0.39, 0.29) is 5.91 Å². The average molecular weight is 268 g/mol. The molecular formula is C15H16N4O. The number of pyridine rings is 1. The first-order chi connectivity index (χ1) is 9.78. The number of fused-ring (bicyclic) bond motifs is 1. The van der Waals surface area contributed by atoms with E-state index in [0.29, 0.717) is 6.54 Å². The van der Waals surface area contributed by atoms with E-state index in [1.807, 2.05) is 42.2 Å². The molecule has 1 amide bonds. The van der Waals surface area contributed by atoms with E-state index in [0.717, 1.165) is 29.3 Å². The van der Waals surface area contributed by atoms with Crippen LogP contribution in [-0.2, 0) is 4.79 Å². The van der Waals surface area contributed by atoms with E-state index in [4.69, 9.17) is 0 Å². The topological polar surface area (TPSA) is 57.3 Å². The predicted molar refractivity (Wildman–Crippen MR) is 80.5 cm³/mol. The summed E-state index contributed by atoms with van der Waals surface area (Å²) in [4.78, 5) is 18.0. The third kappa shape index (κ3) is 2.30. The van der Waals surface area contributed by atoms with Crippen molar-refractivity contribution in [2.45, 2.75) is 6.92 Å². The van der Waals surface area contributed by atoms with Gasteiger partial charge in [0.1, 0.15) is 6.54 Å². The molecule has 2 N–H and O–H groups in total. The molecule has 1 aliphatic heterocycles. The Bertz CT molecular complexity index is 641. The highest BCUT2D eigenvalue weighted by molar-refractivity contribution is 6.03. The maximum atomic E-state index is 11.8. The van der Waals surface area contributed by atoms with Gasteiger partial charge in [-0.05, 0) is 25.1 Å². The molecule has 0 bridgehead atoms. The SMILES string of the molecule is CCNc1cncc(N2CC(=O)Nc3ccccc32)c1. The molecule has 0 radical (unpaired) electrons. The standard InChI is InChI=1S/C15H16N4O/c1-2-17-11-7-12(9-16-8-11)19-10-15(20)18-13-5-3-4-6-14(13)19/h3-9,17H,2,10H2,1H3,(H,18,20). The molecule has 0 fully saturated rings. The minimum absolute atomic E-state index is 0.0162. The highest BCUT2D eigenvalue weighted by Crippen LogP contribution is 2.34. The van der Waals surface area contributed by atoms with Crippen LogP contribution in [0.2, 0.25) is 0 Å². The average Bonchev–Trinajstić information content (AvgIpc) is 2.47. The van der Waals surface area contributed by atoms with Crippen LogP contribution in [0.4, 0.5) is 22.7 Å². The number of benzene rings is 1. The van der Waals surface area contributed by atoms with Gasteiger partial charge in [0.05, 0.1) is 35.1 Å². The van der Waals surface area contributed by atoms with Crippen molar-refractivity contribution in [3.05, 3.63) is 42.7 Å². The maximum absolute atomic E-state index is 11.8. The predicted octanol–water partition coefficient (Wildman–Crippen LogP) is 2.60. The number of nitrogens with one attached hydrogen (secondary N) is 2. The Morgan fingerprint density at radius 2 is 2.20 bits per heavy atom. The molecular weight excluding hydrogens is 252 g/mol. The monoisotopic (exact) mass is 268 g/mol. The van der Waals surface area contributed by atoms with Gasteiger partial charge >= 0.3 is 0 Å². The number of amides is 1. The summed E-state index contributed by atoms with van der Waals surface area (Å²) in [6.07, 6.45) is 3.55. The van der Waals surface area contributed by atoms with Gasteiger partial charge in [-0.3, -0.25) is 9.78 Å². The second kappa shape index (κ2) is 5.21. The molecule has 20 heavy (non-hydrogen) atoms. The summed E-state index contributed by atoms with van der Waals surface area (Å²) in [6.45, 7) is 3.17. The quantitative estimate of drug-likeness (QED) is 0.898. The van der Waals surface area contributed by atoms with E-state index in [9.17, 15) is 4.79 Å². The van der Waals surface area contributed by atoms with Crippen molar-refractivity contribution in [1.82, 2.24) is 4.98 Å². The molecule has 0 atom stereocenters. The van der Waals surface area contributed by atoms with Crippen molar-refractivity contribution in [2.24, 2.45) is 0 Å². The van der Waals surface area contributed by atoms with Gasteiger partial charge in [0.15, 0.2) is 0 Å². The smallest absolute Gasteiger partial charge is 0.244 e. The number of para-hydroxylation sites is 2. The Labute approximate surface area is 117 Å². The van der Waals surface area contributed by atoms with Gasteiger partial charge in [-0.25, -0.2) is 0 Å². The second-order valence-electron chi connectivity index (χ2n) is 4.61. The lowest BCUT2D eigenvalue weighted by atomic mass is 10.1. The molecule has 102 valence electrons. The summed E-state index contributed by atoms with van der Waals surface area (Å²) < 4.78 is 0. The molecule has 0 saturated heterocycles. The molecule has 0 unspecified atom stereocenters.